The van der Waals surface area contributed by atoms with Crippen LogP contribution in [0.25, 0.3) is 10.9 Å². The minimum absolute atomic E-state index is 0.441. The molecule has 0 amide bonds. The van der Waals surface area contributed by atoms with E-state index in [0.717, 1.165) is 27.8 Å². The number of pyridine rings is 1. The highest BCUT2D eigenvalue weighted by Crippen LogP contribution is 2.29. The molecule has 2 rings (SSSR count). The average Bonchev–Trinajstić information content (AvgIpc) is 2.34. The number of anilines is 1. The number of aryl methyl sites for hydroxylation is 1. The number of nitrogen functional groups attached to an aromatic ring is 1. The smallest absolute Gasteiger partial charge is 0.0885 e. The van der Waals surface area contributed by atoms with Gasteiger partial charge in [-0.1, -0.05) is 11.6 Å². The first-order valence-corrected chi connectivity index (χ1v) is 5.59. The van der Waals surface area contributed by atoms with E-state index < -0.39 is 0 Å². The van der Waals surface area contributed by atoms with Crippen LogP contribution in [-0.4, -0.2) is 12.1 Å². The molecule has 0 spiro atoms. The first-order chi connectivity index (χ1) is 8.17. The van der Waals surface area contributed by atoms with Crippen molar-refractivity contribution in [1.29, 1.82) is 0 Å². The fraction of sp³-hybridized carbons (Fsp3) is 0.250. The van der Waals surface area contributed by atoms with Crippen molar-refractivity contribution in [2.24, 2.45) is 5.84 Å². The van der Waals surface area contributed by atoms with Crippen LogP contribution in [0.15, 0.2) is 18.2 Å². The highest BCUT2D eigenvalue weighted by Gasteiger charge is 2.09. The lowest BCUT2D eigenvalue weighted by Gasteiger charge is -2.11. The molecule has 0 aliphatic carbocycles. The van der Waals surface area contributed by atoms with Crippen LogP contribution in [0.5, 0.6) is 0 Å². The van der Waals surface area contributed by atoms with Crippen LogP contribution in [0, 0.1) is 6.92 Å². The van der Waals surface area contributed by atoms with Crippen molar-refractivity contribution in [2.45, 2.75) is 13.5 Å². The number of nitrogens with two attached hydrogens (primary N) is 1. The predicted octanol–water partition coefficient (Wildman–Crippen LogP) is 2.63. The number of methoxy groups -OCH3 is 1. The average molecular weight is 252 g/mol. The Balaban J connectivity index is 2.73. The van der Waals surface area contributed by atoms with E-state index in [0.29, 0.717) is 11.6 Å². The lowest BCUT2D eigenvalue weighted by molar-refractivity contribution is 0.182. The molecule has 90 valence electrons. The Bertz CT molecular complexity index is 557. The summed E-state index contributed by atoms with van der Waals surface area (Å²) in [6.07, 6.45) is 0. The zero-order valence-corrected chi connectivity index (χ0v) is 10.5. The molecule has 0 unspecified atom stereocenters. The van der Waals surface area contributed by atoms with E-state index in [1.165, 1.54) is 0 Å². The van der Waals surface area contributed by atoms with Crippen molar-refractivity contribution in [3.8, 4) is 0 Å². The van der Waals surface area contributed by atoms with Gasteiger partial charge in [0.25, 0.3) is 0 Å². The van der Waals surface area contributed by atoms with E-state index >= 15 is 0 Å². The molecule has 0 aliphatic heterocycles. The number of hydrogen-bond donors (Lipinski definition) is 2. The number of fused-ring (bicyclic) bond motifs is 1. The maximum atomic E-state index is 6.09. The van der Waals surface area contributed by atoms with Gasteiger partial charge in [0.15, 0.2) is 0 Å². The van der Waals surface area contributed by atoms with E-state index in [9.17, 15) is 0 Å². The number of halogens is 1. The Labute approximate surface area is 105 Å². The molecule has 1 heterocycles. The second-order valence-electron chi connectivity index (χ2n) is 3.81. The van der Waals surface area contributed by atoms with E-state index in [-0.39, 0.29) is 0 Å². The first-order valence-electron chi connectivity index (χ1n) is 5.21. The molecule has 0 aliphatic rings. The summed E-state index contributed by atoms with van der Waals surface area (Å²) in [5.41, 5.74) is 6.11. The lowest BCUT2D eigenvalue weighted by atomic mass is 10.1. The molecule has 0 fully saturated rings. The number of benzene rings is 1. The Morgan fingerprint density at radius 3 is 2.88 bits per heavy atom. The molecule has 0 saturated carbocycles. The van der Waals surface area contributed by atoms with Crippen molar-refractivity contribution in [2.75, 3.05) is 12.5 Å². The summed E-state index contributed by atoms with van der Waals surface area (Å²) < 4.78 is 5.08. The normalized spacial score (nSPS) is 10.8. The van der Waals surface area contributed by atoms with Crippen molar-refractivity contribution in [3.05, 3.63) is 34.5 Å². The van der Waals surface area contributed by atoms with Gasteiger partial charge < -0.3 is 10.2 Å². The molecule has 3 N–H and O–H groups in total. The number of hydrazine groups is 1. The number of rotatable bonds is 3. The van der Waals surface area contributed by atoms with Crippen LogP contribution in [0.2, 0.25) is 5.02 Å². The third-order valence-corrected chi connectivity index (χ3v) is 3.08. The predicted molar refractivity (Wildman–Crippen MR) is 70.0 cm³/mol. The quantitative estimate of drug-likeness (QED) is 0.650. The van der Waals surface area contributed by atoms with E-state index in [1.54, 1.807) is 7.11 Å². The van der Waals surface area contributed by atoms with Gasteiger partial charge in [0, 0.05) is 17.5 Å². The Hall–Kier alpha value is -1.36. The zero-order chi connectivity index (χ0) is 12.4. The van der Waals surface area contributed by atoms with Gasteiger partial charge in [0.05, 0.1) is 23.5 Å². The number of nitrogens with one attached hydrogen (secondary N) is 1. The van der Waals surface area contributed by atoms with Crippen LogP contribution in [0.1, 0.15) is 11.3 Å². The standard InChI is InChI=1S/C12H14ClN3O/c1-7-10(13)4-3-9-11(16-14)5-8(6-17-2)15-12(7)9/h3-5H,6,14H2,1-2H3,(H,15,16). The number of ether oxygens (including phenoxy) is 1. The molecule has 0 radical (unpaired) electrons. The largest absolute Gasteiger partial charge is 0.378 e. The maximum Gasteiger partial charge on any atom is 0.0885 e. The van der Waals surface area contributed by atoms with Crippen molar-refractivity contribution < 1.29 is 4.74 Å². The van der Waals surface area contributed by atoms with Crippen LogP contribution in [-0.2, 0) is 11.3 Å². The molecule has 1 aromatic carbocycles. The molecule has 1 aromatic heterocycles. The summed E-state index contributed by atoms with van der Waals surface area (Å²) in [4.78, 5) is 4.53. The van der Waals surface area contributed by atoms with Crippen molar-refractivity contribution >= 4 is 28.2 Å². The van der Waals surface area contributed by atoms with Crippen molar-refractivity contribution in [1.82, 2.24) is 4.98 Å². The van der Waals surface area contributed by atoms with Gasteiger partial charge in [0.1, 0.15) is 0 Å². The molecule has 0 bridgehead atoms. The van der Waals surface area contributed by atoms with Gasteiger partial charge >= 0.3 is 0 Å². The van der Waals surface area contributed by atoms with Gasteiger partial charge in [-0.05, 0) is 30.7 Å². The molecular weight excluding hydrogens is 238 g/mol. The molecular formula is C12H14ClN3O. The Kier molecular flexibility index (Phi) is 3.47. The highest BCUT2D eigenvalue weighted by molar-refractivity contribution is 6.32. The second kappa shape index (κ2) is 4.87. The summed E-state index contributed by atoms with van der Waals surface area (Å²) in [6.45, 7) is 2.38. The maximum absolute atomic E-state index is 6.09. The highest BCUT2D eigenvalue weighted by atomic mass is 35.5. The summed E-state index contributed by atoms with van der Waals surface area (Å²) >= 11 is 6.09. The number of aromatic nitrogens is 1. The van der Waals surface area contributed by atoms with Gasteiger partial charge in [-0.15, -0.1) is 0 Å². The van der Waals surface area contributed by atoms with Crippen LogP contribution in [0.3, 0.4) is 0 Å². The molecule has 0 atom stereocenters. The van der Waals surface area contributed by atoms with E-state index in [4.69, 9.17) is 22.2 Å². The molecule has 17 heavy (non-hydrogen) atoms. The molecule has 0 saturated heterocycles. The topological polar surface area (TPSA) is 60.2 Å². The van der Waals surface area contributed by atoms with Gasteiger partial charge in [0.2, 0.25) is 0 Å². The van der Waals surface area contributed by atoms with Crippen LogP contribution in [0.4, 0.5) is 5.69 Å². The fourth-order valence-corrected chi connectivity index (χ4v) is 1.95. The fourth-order valence-electron chi connectivity index (χ4n) is 1.80. The summed E-state index contributed by atoms with van der Waals surface area (Å²) in [7, 11) is 1.63. The van der Waals surface area contributed by atoms with Crippen LogP contribution >= 0.6 is 11.6 Å². The minimum Gasteiger partial charge on any atom is -0.378 e. The third kappa shape index (κ3) is 2.20. The SMILES string of the molecule is COCc1cc(NN)c2ccc(Cl)c(C)c2n1. The van der Waals surface area contributed by atoms with Crippen molar-refractivity contribution in [3.63, 3.8) is 0 Å². The van der Waals surface area contributed by atoms with E-state index in [1.807, 2.05) is 25.1 Å². The summed E-state index contributed by atoms with van der Waals surface area (Å²) in [5.74, 6) is 5.52. The molecule has 5 heteroatoms. The summed E-state index contributed by atoms with van der Waals surface area (Å²) in [6, 6.07) is 5.63. The van der Waals surface area contributed by atoms with Crippen LogP contribution < -0.4 is 11.3 Å². The molecule has 2 aromatic rings. The summed E-state index contributed by atoms with van der Waals surface area (Å²) in [5, 5.41) is 1.65. The monoisotopic (exact) mass is 251 g/mol. The van der Waals surface area contributed by atoms with Gasteiger partial charge in [-0.25, -0.2) is 4.98 Å². The Morgan fingerprint density at radius 2 is 2.24 bits per heavy atom. The third-order valence-electron chi connectivity index (χ3n) is 2.67. The second-order valence-corrected chi connectivity index (χ2v) is 4.21. The van der Waals surface area contributed by atoms with Gasteiger partial charge in [-0.2, -0.15) is 0 Å². The van der Waals surface area contributed by atoms with E-state index in [2.05, 4.69) is 10.4 Å². The molecule has 4 nitrogen and oxygen atoms in total. The van der Waals surface area contributed by atoms with Gasteiger partial charge in [-0.3, -0.25) is 5.84 Å². The zero-order valence-electron chi connectivity index (χ0n) is 9.75. The number of hydrogen-bond acceptors (Lipinski definition) is 4. The number of nitrogens with zero attached hydrogens (tertiary/aromatic N) is 1. The first kappa shape index (κ1) is 12.1. The minimum atomic E-state index is 0.441. The Morgan fingerprint density at radius 1 is 1.47 bits per heavy atom. The lowest BCUT2D eigenvalue weighted by Crippen LogP contribution is -2.09.